The zero-order valence-corrected chi connectivity index (χ0v) is 18.2. The fourth-order valence-corrected chi connectivity index (χ4v) is 3.67. The van der Waals surface area contributed by atoms with Crippen LogP contribution in [-0.4, -0.2) is 26.4 Å². The van der Waals surface area contributed by atoms with Crippen molar-refractivity contribution >= 4 is 23.4 Å². The molecule has 6 nitrogen and oxygen atoms in total. The van der Waals surface area contributed by atoms with E-state index in [1.54, 1.807) is 0 Å². The third-order valence-electron chi connectivity index (χ3n) is 4.55. The lowest BCUT2D eigenvalue weighted by atomic mass is 10.1. The van der Waals surface area contributed by atoms with Crippen LogP contribution in [0.1, 0.15) is 35.5 Å². The molecular weight excluding hydrogens is 384 g/mol. The number of aromatic nitrogens is 3. The van der Waals surface area contributed by atoms with Crippen molar-refractivity contribution in [2.24, 2.45) is 7.05 Å². The maximum atomic E-state index is 12.3. The molecule has 0 aliphatic rings. The summed E-state index contributed by atoms with van der Waals surface area (Å²) in [5.41, 5.74) is 4.23. The van der Waals surface area contributed by atoms with Crippen LogP contribution in [0.2, 0.25) is 0 Å². The molecule has 29 heavy (non-hydrogen) atoms. The number of nitrogens with zero attached hydrogens (tertiary/aromatic N) is 3. The zero-order chi connectivity index (χ0) is 21.0. The Hall–Kier alpha value is -2.80. The highest BCUT2D eigenvalue weighted by Crippen LogP contribution is 2.24. The number of hydrogen-bond acceptors (Lipinski definition) is 5. The molecule has 1 atom stereocenters. The first-order chi connectivity index (χ1) is 13.8. The fraction of sp³-hybridized carbons (Fsp3) is 0.318. The number of rotatable bonds is 7. The predicted octanol–water partition coefficient (Wildman–Crippen LogP) is 4.61. The van der Waals surface area contributed by atoms with Crippen LogP contribution >= 0.6 is 11.8 Å². The molecule has 3 aromatic rings. The van der Waals surface area contributed by atoms with E-state index in [-0.39, 0.29) is 17.8 Å². The number of carbonyl (C=O) groups excluding carboxylic acids is 1. The van der Waals surface area contributed by atoms with E-state index in [0.29, 0.717) is 11.0 Å². The maximum Gasteiger partial charge on any atom is 0.234 e. The minimum atomic E-state index is -0.256. The van der Waals surface area contributed by atoms with Crippen LogP contribution in [-0.2, 0) is 11.8 Å². The summed E-state index contributed by atoms with van der Waals surface area (Å²) in [6.45, 7) is 7.99. The molecule has 1 heterocycles. The Labute approximate surface area is 175 Å². The van der Waals surface area contributed by atoms with Crippen molar-refractivity contribution in [1.29, 1.82) is 0 Å². The van der Waals surface area contributed by atoms with Crippen molar-refractivity contribution in [2.45, 2.75) is 39.0 Å². The summed E-state index contributed by atoms with van der Waals surface area (Å²) in [6, 6.07) is 13.9. The Morgan fingerprint density at radius 3 is 2.48 bits per heavy atom. The van der Waals surface area contributed by atoms with Crippen molar-refractivity contribution in [1.82, 2.24) is 14.8 Å². The Kier molecular flexibility index (Phi) is 6.59. The van der Waals surface area contributed by atoms with Crippen molar-refractivity contribution in [3.8, 4) is 5.75 Å². The smallest absolute Gasteiger partial charge is 0.234 e. The first-order valence-electron chi connectivity index (χ1n) is 9.46. The van der Waals surface area contributed by atoms with Gasteiger partial charge in [-0.3, -0.25) is 4.79 Å². The molecule has 0 saturated heterocycles. The molecular formula is C22H26N4O2S. The number of nitrogens with one attached hydrogen (secondary N) is 1. The van der Waals surface area contributed by atoms with Crippen LogP contribution in [0, 0.1) is 20.8 Å². The van der Waals surface area contributed by atoms with Gasteiger partial charge in [-0.2, -0.15) is 0 Å². The van der Waals surface area contributed by atoms with Gasteiger partial charge in [0.1, 0.15) is 5.75 Å². The normalized spacial score (nSPS) is 11.9. The highest BCUT2D eigenvalue weighted by Gasteiger charge is 2.18. The minimum Gasteiger partial charge on any atom is -0.483 e. The molecule has 2 aromatic carbocycles. The van der Waals surface area contributed by atoms with Crippen LogP contribution in [0.15, 0.2) is 47.6 Å². The van der Waals surface area contributed by atoms with E-state index in [1.165, 1.54) is 22.9 Å². The van der Waals surface area contributed by atoms with Gasteiger partial charge < -0.3 is 14.6 Å². The van der Waals surface area contributed by atoms with Crippen LogP contribution < -0.4 is 10.1 Å². The molecule has 0 bridgehead atoms. The molecule has 152 valence electrons. The number of anilines is 1. The lowest BCUT2D eigenvalue weighted by Gasteiger charge is -2.14. The standard InChI is InChI=1S/C22H26N4O2S/c1-14-6-9-18(10-7-14)28-17(4)21-24-25-22(26(21)5)29-13-20(27)23-19-11-8-15(2)12-16(19)3/h6-12,17H,13H2,1-5H3,(H,23,27). The Morgan fingerprint density at radius 1 is 1.10 bits per heavy atom. The predicted molar refractivity (Wildman–Crippen MR) is 116 cm³/mol. The largest absolute Gasteiger partial charge is 0.483 e. The van der Waals surface area contributed by atoms with Gasteiger partial charge in [-0.25, -0.2) is 0 Å². The number of amides is 1. The molecule has 1 unspecified atom stereocenters. The van der Waals surface area contributed by atoms with E-state index >= 15 is 0 Å². The van der Waals surface area contributed by atoms with Crippen molar-refractivity contribution in [3.63, 3.8) is 0 Å². The van der Waals surface area contributed by atoms with E-state index in [4.69, 9.17) is 4.74 Å². The second-order valence-corrected chi connectivity index (χ2v) is 8.07. The first kappa shape index (κ1) is 20.9. The number of benzene rings is 2. The van der Waals surface area contributed by atoms with Gasteiger partial charge >= 0.3 is 0 Å². The van der Waals surface area contributed by atoms with E-state index in [0.717, 1.165) is 17.0 Å². The van der Waals surface area contributed by atoms with Crippen molar-refractivity contribution in [2.75, 3.05) is 11.1 Å². The summed E-state index contributed by atoms with van der Waals surface area (Å²) in [7, 11) is 1.88. The van der Waals surface area contributed by atoms with Gasteiger partial charge in [0.05, 0.1) is 5.75 Å². The lowest BCUT2D eigenvalue weighted by molar-refractivity contribution is -0.113. The lowest BCUT2D eigenvalue weighted by Crippen LogP contribution is -2.15. The molecule has 0 aliphatic carbocycles. The third kappa shape index (κ3) is 5.38. The zero-order valence-electron chi connectivity index (χ0n) is 17.4. The van der Waals surface area contributed by atoms with Gasteiger partial charge in [-0.05, 0) is 51.5 Å². The highest BCUT2D eigenvalue weighted by atomic mass is 32.2. The second kappa shape index (κ2) is 9.13. The first-order valence-corrected chi connectivity index (χ1v) is 10.4. The molecule has 0 radical (unpaired) electrons. The SMILES string of the molecule is Cc1ccc(OC(C)c2nnc(SCC(=O)Nc3ccc(C)cc3C)n2C)cc1. The van der Waals surface area contributed by atoms with Gasteiger partial charge in [0.15, 0.2) is 17.1 Å². The summed E-state index contributed by atoms with van der Waals surface area (Å²) in [5, 5.41) is 12.1. The molecule has 1 N–H and O–H groups in total. The van der Waals surface area contributed by atoms with Crippen molar-refractivity contribution in [3.05, 3.63) is 65.0 Å². The Balaban J connectivity index is 1.58. The van der Waals surface area contributed by atoms with E-state index in [2.05, 4.69) is 15.5 Å². The van der Waals surface area contributed by atoms with Crippen molar-refractivity contribution < 1.29 is 9.53 Å². The molecule has 1 amide bonds. The monoisotopic (exact) mass is 410 g/mol. The average Bonchev–Trinajstić information content (AvgIpc) is 3.05. The molecule has 1 aromatic heterocycles. The molecule has 0 spiro atoms. The number of ether oxygens (including phenoxy) is 1. The molecule has 0 fully saturated rings. The topological polar surface area (TPSA) is 69.0 Å². The average molecular weight is 411 g/mol. The van der Waals surface area contributed by atoms with Gasteiger partial charge in [-0.1, -0.05) is 47.2 Å². The minimum absolute atomic E-state index is 0.0737. The van der Waals surface area contributed by atoms with Gasteiger partial charge in [0, 0.05) is 12.7 Å². The third-order valence-corrected chi connectivity index (χ3v) is 5.57. The summed E-state index contributed by atoms with van der Waals surface area (Å²) in [4.78, 5) is 12.3. The second-order valence-electron chi connectivity index (χ2n) is 7.13. The van der Waals surface area contributed by atoms with Gasteiger partial charge in [0.25, 0.3) is 0 Å². The highest BCUT2D eigenvalue weighted by molar-refractivity contribution is 7.99. The number of hydrogen-bond donors (Lipinski definition) is 1. The summed E-state index contributed by atoms with van der Waals surface area (Å²) in [6.07, 6.45) is -0.256. The summed E-state index contributed by atoms with van der Waals surface area (Å²) >= 11 is 1.35. The van der Waals surface area contributed by atoms with Crippen LogP contribution in [0.3, 0.4) is 0 Å². The molecule has 0 aliphatic heterocycles. The van der Waals surface area contributed by atoms with E-state index < -0.39 is 0 Å². The quantitative estimate of drug-likeness (QED) is 0.576. The van der Waals surface area contributed by atoms with Crippen LogP contribution in [0.4, 0.5) is 5.69 Å². The van der Waals surface area contributed by atoms with Gasteiger partial charge in [0.2, 0.25) is 5.91 Å². The number of carbonyl (C=O) groups is 1. The fourth-order valence-electron chi connectivity index (χ4n) is 2.95. The summed E-state index contributed by atoms with van der Waals surface area (Å²) < 4.78 is 7.83. The Morgan fingerprint density at radius 2 is 1.79 bits per heavy atom. The van der Waals surface area contributed by atoms with E-state index in [9.17, 15) is 4.79 Å². The molecule has 7 heteroatoms. The molecule has 3 rings (SSSR count). The number of thioether (sulfide) groups is 1. The van der Waals surface area contributed by atoms with Crippen LogP contribution in [0.25, 0.3) is 0 Å². The Bertz CT molecular complexity index is 999. The number of aryl methyl sites for hydroxylation is 3. The van der Waals surface area contributed by atoms with Crippen LogP contribution in [0.5, 0.6) is 5.75 Å². The summed E-state index contributed by atoms with van der Waals surface area (Å²) in [5.74, 6) is 1.68. The van der Waals surface area contributed by atoms with Gasteiger partial charge in [-0.15, -0.1) is 10.2 Å². The molecule has 0 saturated carbocycles. The van der Waals surface area contributed by atoms with E-state index in [1.807, 2.05) is 81.8 Å². The maximum absolute atomic E-state index is 12.3.